The van der Waals surface area contributed by atoms with E-state index in [4.69, 9.17) is 0 Å². The summed E-state index contributed by atoms with van der Waals surface area (Å²) >= 11 is 0. The molecule has 1 aromatic carbocycles. The fourth-order valence-electron chi connectivity index (χ4n) is 6.82. The molecule has 4 aliphatic rings. The molecular weight excluding hydrogens is 432 g/mol. The number of aromatic nitrogens is 1. The highest BCUT2D eigenvalue weighted by Gasteiger charge is 2.56. The number of benzene rings is 1. The average Bonchev–Trinajstić information content (AvgIpc) is 2.79. The summed E-state index contributed by atoms with van der Waals surface area (Å²) in [6.07, 6.45) is 16.2. The van der Waals surface area contributed by atoms with Crippen LogP contribution in [0.1, 0.15) is 65.2 Å². The Balaban J connectivity index is 0.000000219. The molecule has 180 valence electrons. The topological polar surface area (TPSA) is 64.3 Å². The Morgan fingerprint density at radius 1 is 0.879 bits per heavy atom. The fraction of sp³-hybridized carbons (Fsp3) is 0.593. The molecule has 0 unspecified atom stereocenters. The molecule has 0 amide bonds. The zero-order valence-corrected chi connectivity index (χ0v) is 20.8. The molecule has 5 nitrogen and oxygen atoms in total. The van der Waals surface area contributed by atoms with Gasteiger partial charge in [0.15, 0.2) is 17.9 Å². The van der Waals surface area contributed by atoms with Crippen molar-refractivity contribution in [3.63, 3.8) is 0 Å². The van der Waals surface area contributed by atoms with Crippen LogP contribution < -0.4 is 9.47 Å². The van der Waals surface area contributed by atoms with Crippen molar-refractivity contribution < 1.29 is 17.5 Å². The van der Waals surface area contributed by atoms with Crippen molar-refractivity contribution in [2.24, 2.45) is 17.8 Å². The maximum Gasteiger partial charge on any atom is 0.171 e. The molecule has 2 aromatic rings. The normalized spacial score (nSPS) is 27.7. The Labute approximate surface area is 199 Å². The van der Waals surface area contributed by atoms with Crippen molar-refractivity contribution in [3.8, 4) is 0 Å². The third-order valence-corrected chi connectivity index (χ3v) is 8.60. The van der Waals surface area contributed by atoms with Crippen LogP contribution in [-0.2, 0) is 15.7 Å². The zero-order valence-electron chi connectivity index (χ0n) is 20.0. The van der Waals surface area contributed by atoms with Gasteiger partial charge >= 0.3 is 0 Å². The van der Waals surface area contributed by atoms with Crippen LogP contribution in [0.4, 0.5) is 5.69 Å². The van der Waals surface area contributed by atoms with Crippen LogP contribution in [-0.4, -0.2) is 26.1 Å². The molecule has 0 radical (unpaired) electrons. The van der Waals surface area contributed by atoms with Crippen LogP contribution in [0.2, 0.25) is 0 Å². The van der Waals surface area contributed by atoms with E-state index < -0.39 is 10.1 Å². The van der Waals surface area contributed by atoms with Crippen LogP contribution >= 0.6 is 0 Å². The summed E-state index contributed by atoms with van der Waals surface area (Å²) in [6, 6.07) is 11.9. The lowest BCUT2D eigenvalue weighted by atomic mass is 9.53. The number of nitrogens with zero attached hydrogens (tertiary/aromatic N) is 2. The molecule has 0 saturated heterocycles. The molecule has 4 aliphatic carbocycles. The smallest absolute Gasteiger partial charge is 0.171 e. The first-order valence-corrected chi connectivity index (χ1v) is 14.0. The van der Waals surface area contributed by atoms with Gasteiger partial charge in [0, 0.05) is 50.2 Å². The number of hydrogen-bond donors (Lipinski definition) is 0. The second-order valence-electron chi connectivity index (χ2n) is 10.4. The van der Waals surface area contributed by atoms with E-state index in [-0.39, 0.29) is 4.90 Å². The average molecular weight is 471 g/mol. The Hall–Kier alpha value is -1.92. The lowest BCUT2D eigenvalue weighted by Crippen LogP contribution is -2.64. The predicted octanol–water partition coefficient (Wildman–Crippen LogP) is 5.12. The second-order valence-corrected chi connectivity index (χ2v) is 11.7. The number of hydrogen-bond acceptors (Lipinski definition) is 4. The Morgan fingerprint density at radius 2 is 1.36 bits per heavy atom. The molecule has 1 aromatic heterocycles. The van der Waals surface area contributed by atoms with Gasteiger partial charge in [0.2, 0.25) is 0 Å². The molecular formula is C27H38N2O3S. The van der Waals surface area contributed by atoms with Crippen molar-refractivity contribution in [3.05, 3.63) is 54.9 Å². The van der Waals surface area contributed by atoms with Gasteiger partial charge in [-0.1, -0.05) is 32.0 Å². The van der Waals surface area contributed by atoms with E-state index in [1.807, 2.05) is 0 Å². The van der Waals surface area contributed by atoms with Crippen molar-refractivity contribution in [1.29, 1.82) is 0 Å². The van der Waals surface area contributed by atoms with Crippen LogP contribution in [0.3, 0.4) is 0 Å². The van der Waals surface area contributed by atoms with Gasteiger partial charge in [-0.15, -0.1) is 0 Å². The van der Waals surface area contributed by atoms with E-state index in [9.17, 15) is 13.0 Å². The summed E-state index contributed by atoms with van der Waals surface area (Å²) in [5, 5.41) is 0. The first-order valence-electron chi connectivity index (χ1n) is 12.6. The number of rotatable bonds is 7. The molecule has 4 bridgehead atoms. The summed E-state index contributed by atoms with van der Waals surface area (Å²) in [6.45, 7) is 6.91. The highest BCUT2D eigenvalue weighted by Crippen LogP contribution is 2.56. The van der Waals surface area contributed by atoms with Gasteiger partial charge in [0.1, 0.15) is 10.1 Å². The van der Waals surface area contributed by atoms with E-state index in [2.05, 4.69) is 47.8 Å². The van der Waals surface area contributed by atoms with Gasteiger partial charge in [-0.2, -0.15) is 4.57 Å². The third-order valence-electron chi connectivity index (χ3n) is 7.75. The van der Waals surface area contributed by atoms with E-state index >= 15 is 0 Å². The number of pyridine rings is 1. The van der Waals surface area contributed by atoms with Gasteiger partial charge in [0.05, 0.1) is 4.90 Å². The molecule has 4 saturated carbocycles. The third kappa shape index (κ3) is 5.60. The molecule has 0 atom stereocenters. The largest absolute Gasteiger partial charge is 0.744 e. The second kappa shape index (κ2) is 10.1. The standard InChI is InChI=1S/C21H33N2.C6H6O3S/c1-3-7-22(8-4-2)20-5-9-23(10-6-20)21-14-17-11-18(15-21)13-19(12-17)16-21;7-10(8,9)6-4-2-1-3-5-6/h5-6,9-10,17-19H,3-4,7-8,11-16H2,1-2H3;1-5H,(H,7,8,9)/q+1;/p-1. The molecule has 33 heavy (non-hydrogen) atoms. The first-order chi connectivity index (χ1) is 15.8. The predicted molar refractivity (Wildman–Crippen MR) is 130 cm³/mol. The summed E-state index contributed by atoms with van der Waals surface area (Å²) in [4.78, 5) is 2.36. The SMILES string of the molecule is CCCN(CCC)c1cc[n+](C23CC4CC(CC(C4)C2)C3)cc1.O=S(=O)([O-])c1ccccc1. The van der Waals surface area contributed by atoms with E-state index in [1.165, 1.54) is 94.4 Å². The van der Waals surface area contributed by atoms with Gasteiger partial charge in [-0.25, -0.2) is 8.42 Å². The van der Waals surface area contributed by atoms with Crippen molar-refractivity contribution >= 4 is 15.8 Å². The van der Waals surface area contributed by atoms with Crippen molar-refractivity contribution in [2.75, 3.05) is 18.0 Å². The molecule has 0 aliphatic heterocycles. The van der Waals surface area contributed by atoms with Crippen LogP contribution in [0, 0.1) is 17.8 Å². The maximum atomic E-state index is 10.3. The van der Waals surface area contributed by atoms with Crippen LogP contribution in [0.15, 0.2) is 59.8 Å². The molecule has 6 heteroatoms. The Kier molecular flexibility index (Phi) is 7.44. The summed E-state index contributed by atoms with van der Waals surface area (Å²) < 4.78 is 33.4. The molecule has 6 rings (SSSR count). The minimum atomic E-state index is -4.25. The van der Waals surface area contributed by atoms with E-state index in [0.717, 1.165) is 17.8 Å². The highest BCUT2D eigenvalue weighted by molar-refractivity contribution is 7.85. The molecule has 1 heterocycles. The zero-order chi connectivity index (χ0) is 23.5. The van der Waals surface area contributed by atoms with Gasteiger partial charge in [-0.05, 0) is 62.0 Å². The monoisotopic (exact) mass is 470 g/mol. The summed E-state index contributed by atoms with van der Waals surface area (Å²) in [7, 11) is -4.25. The van der Waals surface area contributed by atoms with Gasteiger partial charge in [0.25, 0.3) is 0 Å². The van der Waals surface area contributed by atoms with Crippen molar-refractivity contribution in [1.82, 2.24) is 0 Å². The Morgan fingerprint density at radius 3 is 1.76 bits per heavy atom. The molecule has 0 spiro atoms. The van der Waals surface area contributed by atoms with E-state index in [1.54, 1.807) is 6.07 Å². The quantitative estimate of drug-likeness (QED) is 0.416. The van der Waals surface area contributed by atoms with E-state index in [0.29, 0.717) is 5.54 Å². The molecule has 4 fully saturated rings. The first kappa shape index (κ1) is 24.2. The highest BCUT2D eigenvalue weighted by atomic mass is 32.2. The lowest BCUT2D eigenvalue weighted by molar-refractivity contribution is -0.776. The Bertz CT molecular complexity index is 964. The summed E-state index contributed by atoms with van der Waals surface area (Å²) in [5.74, 6) is 3.06. The minimum Gasteiger partial charge on any atom is -0.744 e. The fourth-order valence-corrected chi connectivity index (χ4v) is 7.31. The lowest BCUT2D eigenvalue weighted by Gasteiger charge is -2.53. The van der Waals surface area contributed by atoms with Crippen LogP contribution in [0.25, 0.3) is 0 Å². The summed E-state index contributed by atoms with van der Waals surface area (Å²) in [5.41, 5.74) is 1.88. The molecule has 0 N–H and O–H groups in total. The minimum absolute atomic E-state index is 0.185. The van der Waals surface area contributed by atoms with Gasteiger partial charge < -0.3 is 9.45 Å². The number of anilines is 1. The van der Waals surface area contributed by atoms with Gasteiger partial charge in [-0.3, -0.25) is 0 Å². The van der Waals surface area contributed by atoms with Crippen molar-refractivity contribution in [2.45, 2.75) is 75.6 Å². The van der Waals surface area contributed by atoms with Crippen LogP contribution in [0.5, 0.6) is 0 Å². The maximum absolute atomic E-state index is 10.3.